The second kappa shape index (κ2) is 8.57. The Bertz CT molecular complexity index is 1090. The van der Waals surface area contributed by atoms with E-state index in [0.29, 0.717) is 28.0 Å². The van der Waals surface area contributed by atoms with Gasteiger partial charge in [-0.2, -0.15) is 0 Å². The predicted octanol–water partition coefficient (Wildman–Crippen LogP) is 3.63. The Morgan fingerprint density at radius 3 is 2.17 bits per heavy atom. The van der Waals surface area contributed by atoms with E-state index in [2.05, 4.69) is 0 Å². The van der Waals surface area contributed by atoms with Crippen LogP contribution < -0.4 is 19.1 Å². The first-order valence-corrected chi connectivity index (χ1v) is 11.1. The average Bonchev–Trinajstić information content (AvgIpc) is 3.08. The maximum absolute atomic E-state index is 13.6. The third kappa shape index (κ3) is 4.24. The van der Waals surface area contributed by atoms with Crippen molar-refractivity contribution in [2.24, 2.45) is 0 Å². The molecule has 30 heavy (non-hydrogen) atoms. The van der Waals surface area contributed by atoms with E-state index in [4.69, 9.17) is 25.8 Å². The van der Waals surface area contributed by atoms with Crippen molar-refractivity contribution in [3.63, 3.8) is 0 Å². The first-order valence-electron chi connectivity index (χ1n) is 9.01. The zero-order chi connectivity index (χ0) is 22.1. The maximum Gasteiger partial charge on any atom is 0.259 e. The number of nitrogens with zero attached hydrogens (tertiary/aromatic N) is 1. The summed E-state index contributed by atoms with van der Waals surface area (Å²) in [6.45, 7) is 1.84. The SMILES string of the molecule is COc1cc(C(=O)N(c2ccc(C)c(Cl)c2)[C@H]2C=CS(=O)(=O)C2)cc(OC)c1OC. The van der Waals surface area contributed by atoms with Crippen LogP contribution in [-0.2, 0) is 9.84 Å². The van der Waals surface area contributed by atoms with E-state index in [1.807, 2.05) is 6.92 Å². The molecule has 1 aliphatic heterocycles. The number of halogens is 1. The lowest BCUT2D eigenvalue weighted by atomic mass is 10.1. The van der Waals surface area contributed by atoms with Gasteiger partial charge in [-0.1, -0.05) is 17.7 Å². The monoisotopic (exact) mass is 451 g/mol. The minimum Gasteiger partial charge on any atom is -0.493 e. The highest BCUT2D eigenvalue weighted by molar-refractivity contribution is 7.94. The van der Waals surface area contributed by atoms with Crippen molar-refractivity contribution >= 4 is 33.0 Å². The minimum absolute atomic E-state index is 0.214. The lowest BCUT2D eigenvalue weighted by molar-refractivity contribution is 0.0982. The molecule has 0 unspecified atom stereocenters. The highest BCUT2D eigenvalue weighted by Crippen LogP contribution is 2.39. The molecular weight excluding hydrogens is 430 g/mol. The summed E-state index contributed by atoms with van der Waals surface area (Å²) in [5.41, 5.74) is 1.57. The molecule has 3 rings (SSSR count). The van der Waals surface area contributed by atoms with Crippen molar-refractivity contribution < 1.29 is 27.4 Å². The molecule has 1 heterocycles. The molecule has 1 atom stereocenters. The molecule has 2 aromatic carbocycles. The maximum atomic E-state index is 13.6. The van der Waals surface area contributed by atoms with Crippen LogP contribution in [0.2, 0.25) is 5.02 Å². The van der Waals surface area contributed by atoms with E-state index >= 15 is 0 Å². The lowest BCUT2D eigenvalue weighted by Crippen LogP contribution is -2.41. The van der Waals surface area contributed by atoms with Crippen LogP contribution in [0.15, 0.2) is 41.8 Å². The molecule has 0 N–H and O–H groups in total. The fourth-order valence-corrected chi connectivity index (χ4v) is 4.70. The van der Waals surface area contributed by atoms with Crippen molar-refractivity contribution in [2.45, 2.75) is 13.0 Å². The van der Waals surface area contributed by atoms with Gasteiger partial charge in [0, 0.05) is 21.7 Å². The third-order valence-corrected chi connectivity index (χ3v) is 6.59. The number of amides is 1. The third-order valence-electron chi connectivity index (χ3n) is 4.81. The number of aryl methyl sites for hydroxylation is 1. The van der Waals surface area contributed by atoms with Gasteiger partial charge in [-0.25, -0.2) is 8.42 Å². The number of sulfone groups is 1. The summed E-state index contributed by atoms with van der Waals surface area (Å²) in [5.74, 6) is 0.341. The van der Waals surface area contributed by atoms with Gasteiger partial charge in [0.15, 0.2) is 21.3 Å². The molecule has 1 aliphatic rings. The zero-order valence-corrected chi connectivity index (χ0v) is 18.6. The van der Waals surface area contributed by atoms with Crippen LogP contribution in [0.3, 0.4) is 0 Å². The largest absolute Gasteiger partial charge is 0.493 e. The quantitative estimate of drug-likeness (QED) is 0.667. The Labute approximate surface area is 180 Å². The molecule has 0 aliphatic carbocycles. The van der Waals surface area contributed by atoms with Crippen molar-refractivity contribution in [3.8, 4) is 17.2 Å². The van der Waals surface area contributed by atoms with Crippen molar-refractivity contribution in [1.82, 2.24) is 0 Å². The van der Waals surface area contributed by atoms with Crippen LogP contribution in [0, 0.1) is 6.92 Å². The minimum atomic E-state index is -3.40. The van der Waals surface area contributed by atoms with E-state index in [0.717, 1.165) is 11.0 Å². The predicted molar refractivity (Wildman–Crippen MR) is 116 cm³/mol. The van der Waals surface area contributed by atoms with Crippen LogP contribution in [0.1, 0.15) is 15.9 Å². The number of hydrogen-bond acceptors (Lipinski definition) is 6. The van der Waals surface area contributed by atoms with E-state index in [9.17, 15) is 13.2 Å². The summed E-state index contributed by atoms with van der Waals surface area (Å²) in [6.07, 6.45) is 1.50. The first-order chi connectivity index (χ1) is 14.2. The molecule has 0 bridgehead atoms. The smallest absolute Gasteiger partial charge is 0.259 e. The van der Waals surface area contributed by atoms with Crippen LogP contribution >= 0.6 is 11.6 Å². The van der Waals surface area contributed by atoms with Crippen molar-refractivity contribution in [3.05, 3.63) is 58.0 Å². The summed E-state index contributed by atoms with van der Waals surface area (Å²) in [6, 6.07) is 7.53. The number of benzene rings is 2. The molecule has 7 nitrogen and oxygen atoms in total. The molecule has 2 aromatic rings. The van der Waals surface area contributed by atoms with Gasteiger partial charge in [0.1, 0.15) is 0 Å². The average molecular weight is 452 g/mol. The standard InChI is InChI=1S/C21H22ClNO6S/c1-13-5-6-15(11-17(13)22)23(16-7-8-30(25,26)12-16)21(24)14-9-18(27-2)20(29-4)19(10-14)28-3/h5-11,16H,12H2,1-4H3/t16-/m0/s1. The molecule has 0 fully saturated rings. The molecule has 160 valence electrons. The second-order valence-electron chi connectivity index (χ2n) is 6.75. The summed E-state index contributed by atoms with van der Waals surface area (Å²) in [7, 11) is 0.981. The van der Waals surface area contributed by atoms with Gasteiger partial charge in [-0.05, 0) is 42.8 Å². The van der Waals surface area contributed by atoms with Crippen LogP contribution in [0.5, 0.6) is 17.2 Å². The van der Waals surface area contributed by atoms with Gasteiger partial charge in [-0.15, -0.1) is 0 Å². The van der Waals surface area contributed by atoms with E-state index in [-0.39, 0.29) is 11.3 Å². The van der Waals surface area contributed by atoms with Gasteiger partial charge in [-0.3, -0.25) is 4.79 Å². The number of rotatable bonds is 6. The van der Waals surface area contributed by atoms with Crippen molar-refractivity contribution in [1.29, 1.82) is 0 Å². The summed E-state index contributed by atoms with van der Waals surface area (Å²) in [4.78, 5) is 15.0. The topological polar surface area (TPSA) is 82.1 Å². The normalized spacial score (nSPS) is 16.9. The zero-order valence-electron chi connectivity index (χ0n) is 17.0. The number of ether oxygens (including phenoxy) is 3. The number of anilines is 1. The molecular formula is C21H22ClNO6S. The molecule has 1 amide bonds. The Kier molecular flexibility index (Phi) is 6.28. The highest BCUT2D eigenvalue weighted by Gasteiger charge is 2.33. The fraction of sp³-hybridized carbons (Fsp3) is 0.286. The van der Waals surface area contributed by atoms with Crippen LogP contribution in [0.25, 0.3) is 0 Å². The second-order valence-corrected chi connectivity index (χ2v) is 9.09. The van der Waals surface area contributed by atoms with Crippen LogP contribution in [-0.4, -0.2) is 47.4 Å². The van der Waals surface area contributed by atoms with E-state index in [1.165, 1.54) is 44.4 Å². The van der Waals surface area contributed by atoms with Gasteiger partial charge < -0.3 is 19.1 Å². The Hall–Kier alpha value is -2.71. The first kappa shape index (κ1) is 22.0. The molecule has 0 radical (unpaired) electrons. The number of hydrogen-bond donors (Lipinski definition) is 0. The van der Waals surface area contributed by atoms with Gasteiger partial charge in [0.05, 0.1) is 33.1 Å². The summed E-state index contributed by atoms with van der Waals surface area (Å²) >= 11 is 6.28. The molecule has 0 saturated carbocycles. The van der Waals surface area contributed by atoms with Gasteiger partial charge >= 0.3 is 0 Å². The van der Waals surface area contributed by atoms with Gasteiger partial charge in [0.2, 0.25) is 5.75 Å². The Morgan fingerprint density at radius 2 is 1.70 bits per heavy atom. The molecule has 0 saturated heterocycles. The summed E-state index contributed by atoms with van der Waals surface area (Å²) < 4.78 is 40.1. The number of carbonyl (C=O) groups excluding carboxylic acids is 1. The highest BCUT2D eigenvalue weighted by atomic mass is 35.5. The van der Waals surface area contributed by atoms with E-state index < -0.39 is 21.8 Å². The molecule has 0 aromatic heterocycles. The number of methoxy groups -OCH3 is 3. The van der Waals surface area contributed by atoms with E-state index in [1.54, 1.807) is 18.2 Å². The molecule has 9 heteroatoms. The van der Waals surface area contributed by atoms with Gasteiger partial charge in [0.25, 0.3) is 5.91 Å². The van der Waals surface area contributed by atoms with Crippen LogP contribution in [0.4, 0.5) is 5.69 Å². The lowest BCUT2D eigenvalue weighted by Gasteiger charge is -2.28. The Morgan fingerprint density at radius 1 is 1.07 bits per heavy atom. The number of carbonyl (C=O) groups is 1. The molecule has 0 spiro atoms. The Balaban J connectivity index is 2.13. The summed E-state index contributed by atoms with van der Waals surface area (Å²) in [5, 5.41) is 1.60. The fourth-order valence-electron chi connectivity index (χ4n) is 3.25. The van der Waals surface area contributed by atoms with Crippen molar-refractivity contribution in [2.75, 3.05) is 32.0 Å².